The number of carboxylic acids is 2. The number of rotatable bonds is 8. The number of aliphatic hydroxyl groups excluding tert-OH is 1. The van der Waals surface area contributed by atoms with Crippen molar-refractivity contribution in [3.05, 3.63) is 29.8 Å². The molecule has 0 saturated heterocycles. The molecule has 1 aromatic rings. The van der Waals surface area contributed by atoms with E-state index in [9.17, 15) is 0 Å². The number of hydrogen-bond donors (Lipinski definition) is 4. The van der Waals surface area contributed by atoms with Crippen molar-refractivity contribution in [3.63, 3.8) is 0 Å². The number of aliphatic carboxylic acids is 2. The third kappa shape index (κ3) is 10.7. The second-order valence-electron chi connectivity index (χ2n) is 4.92. The summed E-state index contributed by atoms with van der Waals surface area (Å²) in [4.78, 5) is 18.2. The monoisotopic (exact) mass is 355 g/mol. The van der Waals surface area contributed by atoms with E-state index < -0.39 is 11.9 Å². The van der Waals surface area contributed by atoms with Gasteiger partial charge in [0.05, 0.1) is 13.2 Å². The van der Waals surface area contributed by atoms with Gasteiger partial charge in [-0.2, -0.15) is 0 Å². The van der Waals surface area contributed by atoms with Crippen molar-refractivity contribution >= 4 is 18.0 Å². The first-order valence-corrected chi connectivity index (χ1v) is 7.60. The van der Waals surface area contributed by atoms with Crippen molar-refractivity contribution in [2.75, 3.05) is 26.8 Å². The van der Waals surface area contributed by atoms with E-state index in [0.29, 0.717) is 19.7 Å². The SMILES string of the molecule is C/C=C/c1ccc(OCCNCC(C)O)c(OC)c1.O=C(O)C(=O)O. The zero-order valence-electron chi connectivity index (χ0n) is 14.6. The average molecular weight is 355 g/mol. The number of benzene rings is 1. The van der Waals surface area contributed by atoms with Crippen LogP contribution in [0.1, 0.15) is 19.4 Å². The Morgan fingerprint density at radius 1 is 1.24 bits per heavy atom. The highest BCUT2D eigenvalue weighted by molar-refractivity contribution is 6.27. The topological polar surface area (TPSA) is 125 Å². The van der Waals surface area contributed by atoms with Crippen molar-refractivity contribution in [2.24, 2.45) is 0 Å². The predicted octanol–water partition coefficient (Wildman–Crippen LogP) is 1.23. The van der Waals surface area contributed by atoms with Gasteiger partial charge in [0, 0.05) is 13.1 Å². The maximum atomic E-state index is 9.10. The first-order chi connectivity index (χ1) is 11.8. The second-order valence-corrected chi connectivity index (χ2v) is 4.92. The van der Waals surface area contributed by atoms with E-state index in [-0.39, 0.29) is 6.10 Å². The van der Waals surface area contributed by atoms with Gasteiger partial charge in [-0.05, 0) is 31.5 Å². The largest absolute Gasteiger partial charge is 0.493 e. The number of allylic oxidation sites excluding steroid dienone is 1. The molecule has 1 unspecified atom stereocenters. The number of carboxylic acid groups (broad SMARTS) is 2. The number of hydrogen-bond acceptors (Lipinski definition) is 6. The summed E-state index contributed by atoms with van der Waals surface area (Å²) in [5, 5.41) is 27.0. The fourth-order valence-electron chi connectivity index (χ4n) is 1.64. The molecule has 0 spiro atoms. The molecule has 25 heavy (non-hydrogen) atoms. The van der Waals surface area contributed by atoms with Crippen LogP contribution in [0, 0.1) is 0 Å². The Labute approximate surface area is 146 Å². The van der Waals surface area contributed by atoms with Gasteiger partial charge in [0.15, 0.2) is 11.5 Å². The summed E-state index contributed by atoms with van der Waals surface area (Å²) < 4.78 is 11.0. The van der Waals surface area contributed by atoms with E-state index in [0.717, 1.165) is 17.1 Å². The van der Waals surface area contributed by atoms with Crippen LogP contribution in [0.3, 0.4) is 0 Å². The Morgan fingerprint density at radius 3 is 2.36 bits per heavy atom. The molecule has 4 N–H and O–H groups in total. The van der Waals surface area contributed by atoms with Crippen LogP contribution in [0.2, 0.25) is 0 Å². The smallest absolute Gasteiger partial charge is 0.414 e. The first-order valence-electron chi connectivity index (χ1n) is 7.60. The van der Waals surface area contributed by atoms with Gasteiger partial charge >= 0.3 is 11.9 Å². The molecule has 0 bridgehead atoms. The fourth-order valence-corrected chi connectivity index (χ4v) is 1.64. The summed E-state index contributed by atoms with van der Waals surface area (Å²) in [6.45, 7) is 5.51. The summed E-state index contributed by atoms with van der Waals surface area (Å²) in [5.74, 6) is -2.19. The first kappa shape index (κ1) is 22.4. The third-order valence-corrected chi connectivity index (χ3v) is 2.71. The van der Waals surface area contributed by atoms with Gasteiger partial charge in [-0.1, -0.05) is 18.2 Å². The zero-order chi connectivity index (χ0) is 19.2. The molecule has 0 saturated carbocycles. The molecule has 8 nitrogen and oxygen atoms in total. The molecule has 1 aromatic carbocycles. The summed E-state index contributed by atoms with van der Waals surface area (Å²) in [5.41, 5.74) is 1.08. The Bertz CT molecular complexity index is 558. The van der Waals surface area contributed by atoms with Gasteiger partial charge < -0.3 is 30.1 Å². The van der Waals surface area contributed by atoms with Gasteiger partial charge in [-0.3, -0.25) is 0 Å². The molecule has 0 amide bonds. The van der Waals surface area contributed by atoms with E-state index in [2.05, 4.69) is 5.32 Å². The highest BCUT2D eigenvalue weighted by Gasteiger charge is 2.05. The molecule has 0 radical (unpaired) electrons. The molecule has 0 heterocycles. The van der Waals surface area contributed by atoms with Gasteiger partial charge in [0.25, 0.3) is 0 Å². The minimum Gasteiger partial charge on any atom is -0.493 e. The fraction of sp³-hybridized carbons (Fsp3) is 0.412. The number of ether oxygens (including phenoxy) is 2. The van der Waals surface area contributed by atoms with Gasteiger partial charge in [-0.25, -0.2) is 9.59 Å². The van der Waals surface area contributed by atoms with Crippen LogP contribution in [0.5, 0.6) is 11.5 Å². The lowest BCUT2D eigenvalue weighted by molar-refractivity contribution is -0.159. The van der Waals surface area contributed by atoms with Gasteiger partial charge in [0.1, 0.15) is 6.61 Å². The molecular weight excluding hydrogens is 330 g/mol. The Kier molecular flexibility index (Phi) is 11.5. The molecule has 8 heteroatoms. The summed E-state index contributed by atoms with van der Waals surface area (Å²) in [6, 6.07) is 5.84. The van der Waals surface area contributed by atoms with Crippen molar-refractivity contribution in [2.45, 2.75) is 20.0 Å². The average Bonchev–Trinajstić information content (AvgIpc) is 2.56. The molecule has 0 aliphatic rings. The number of carbonyl (C=O) groups is 2. The van der Waals surface area contributed by atoms with Crippen LogP contribution in [0.4, 0.5) is 0 Å². The van der Waals surface area contributed by atoms with Crippen LogP contribution in [0.15, 0.2) is 24.3 Å². The van der Waals surface area contributed by atoms with E-state index in [1.807, 2.05) is 37.3 Å². The summed E-state index contributed by atoms with van der Waals surface area (Å²) >= 11 is 0. The van der Waals surface area contributed by atoms with E-state index in [1.54, 1.807) is 14.0 Å². The normalized spacial score (nSPS) is 11.4. The molecule has 0 aliphatic carbocycles. The molecule has 0 aromatic heterocycles. The minimum atomic E-state index is -1.82. The second kappa shape index (κ2) is 12.8. The lowest BCUT2D eigenvalue weighted by atomic mass is 10.2. The Balaban J connectivity index is 0.000000823. The van der Waals surface area contributed by atoms with Crippen molar-refractivity contribution in [3.8, 4) is 11.5 Å². The lowest BCUT2D eigenvalue weighted by Crippen LogP contribution is -2.28. The highest BCUT2D eigenvalue weighted by Crippen LogP contribution is 2.28. The molecule has 140 valence electrons. The van der Waals surface area contributed by atoms with Gasteiger partial charge in [-0.15, -0.1) is 0 Å². The van der Waals surface area contributed by atoms with E-state index in [1.165, 1.54) is 0 Å². The van der Waals surface area contributed by atoms with Crippen LogP contribution >= 0.6 is 0 Å². The number of aliphatic hydroxyl groups is 1. The molecular formula is C17H25NO7. The van der Waals surface area contributed by atoms with Crippen LogP contribution in [-0.4, -0.2) is 60.2 Å². The van der Waals surface area contributed by atoms with Crippen molar-refractivity contribution in [1.82, 2.24) is 5.32 Å². The minimum absolute atomic E-state index is 0.338. The maximum Gasteiger partial charge on any atom is 0.414 e. The Hall–Kier alpha value is -2.58. The zero-order valence-corrected chi connectivity index (χ0v) is 14.6. The summed E-state index contributed by atoms with van der Waals surface area (Å²) in [7, 11) is 1.63. The predicted molar refractivity (Wildman–Crippen MR) is 93.0 cm³/mol. The van der Waals surface area contributed by atoms with Crippen LogP contribution in [0.25, 0.3) is 6.08 Å². The van der Waals surface area contributed by atoms with Crippen molar-refractivity contribution in [1.29, 1.82) is 0 Å². The van der Waals surface area contributed by atoms with Crippen LogP contribution < -0.4 is 14.8 Å². The lowest BCUT2D eigenvalue weighted by Gasteiger charge is -2.12. The molecule has 0 fully saturated rings. The third-order valence-electron chi connectivity index (χ3n) is 2.71. The number of nitrogens with one attached hydrogen (secondary N) is 1. The van der Waals surface area contributed by atoms with Crippen molar-refractivity contribution < 1.29 is 34.4 Å². The maximum absolute atomic E-state index is 9.10. The highest BCUT2D eigenvalue weighted by atomic mass is 16.5. The Morgan fingerprint density at radius 2 is 1.88 bits per heavy atom. The molecule has 1 atom stereocenters. The molecule has 0 aliphatic heterocycles. The summed E-state index contributed by atoms with van der Waals surface area (Å²) in [6.07, 6.45) is 3.65. The van der Waals surface area contributed by atoms with E-state index in [4.69, 9.17) is 34.4 Å². The van der Waals surface area contributed by atoms with Gasteiger partial charge in [0.2, 0.25) is 0 Å². The number of methoxy groups -OCH3 is 1. The molecule has 1 rings (SSSR count). The van der Waals surface area contributed by atoms with E-state index >= 15 is 0 Å². The van der Waals surface area contributed by atoms with Crippen LogP contribution in [-0.2, 0) is 9.59 Å². The quantitative estimate of drug-likeness (QED) is 0.405. The standard InChI is InChI=1S/C15H23NO3.C2H2O4/c1-4-5-13-6-7-14(15(10-13)18-3)19-9-8-16-11-12(2)17;3-1(4)2(5)6/h4-7,10,12,16-17H,8-9,11H2,1-3H3;(H,3,4)(H,5,6)/b5-4+;.